The van der Waals surface area contributed by atoms with Crippen molar-refractivity contribution >= 4 is 11.6 Å². The number of fused-ring (bicyclic) bond motifs is 3. The van der Waals surface area contributed by atoms with E-state index in [1.54, 1.807) is 0 Å². The number of hydrogen-bond donors (Lipinski definition) is 1. The first-order valence-electron chi connectivity index (χ1n) is 8.59. The van der Waals surface area contributed by atoms with Crippen molar-refractivity contribution in [2.75, 3.05) is 13.1 Å². The summed E-state index contributed by atoms with van der Waals surface area (Å²) in [7, 11) is 0. The first-order chi connectivity index (χ1) is 11.3. The molecular formula is C20H23ClN2. The number of nitrogens with zero attached hydrogens (tertiary/aromatic N) is 1. The van der Waals surface area contributed by atoms with Gasteiger partial charge in [0.2, 0.25) is 0 Å². The van der Waals surface area contributed by atoms with Crippen LogP contribution in [0.25, 0.3) is 0 Å². The first kappa shape index (κ1) is 15.2. The molecule has 2 nitrogen and oxygen atoms in total. The fourth-order valence-electron chi connectivity index (χ4n) is 4.26. The minimum atomic E-state index is 0.492. The Labute approximate surface area is 143 Å². The van der Waals surface area contributed by atoms with Gasteiger partial charge < -0.3 is 5.32 Å². The topological polar surface area (TPSA) is 15.3 Å². The molecule has 23 heavy (non-hydrogen) atoms. The van der Waals surface area contributed by atoms with Crippen LogP contribution in [-0.2, 0) is 6.54 Å². The van der Waals surface area contributed by atoms with Crippen molar-refractivity contribution in [2.24, 2.45) is 5.92 Å². The van der Waals surface area contributed by atoms with Crippen molar-refractivity contribution in [1.29, 1.82) is 0 Å². The van der Waals surface area contributed by atoms with Crippen LogP contribution in [-0.4, -0.2) is 24.0 Å². The molecule has 1 N–H and O–H groups in total. The lowest BCUT2D eigenvalue weighted by Crippen LogP contribution is -2.57. The third-order valence-electron chi connectivity index (χ3n) is 5.44. The highest BCUT2D eigenvalue weighted by Crippen LogP contribution is 2.41. The van der Waals surface area contributed by atoms with E-state index in [0.29, 0.717) is 12.1 Å². The van der Waals surface area contributed by atoms with Gasteiger partial charge in [0.25, 0.3) is 0 Å². The van der Waals surface area contributed by atoms with Crippen molar-refractivity contribution < 1.29 is 0 Å². The summed E-state index contributed by atoms with van der Waals surface area (Å²) >= 11 is 6.32. The average molecular weight is 327 g/mol. The van der Waals surface area contributed by atoms with Gasteiger partial charge in [-0.2, -0.15) is 0 Å². The van der Waals surface area contributed by atoms with Gasteiger partial charge in [-0.15, -0.1) is 0 Å². The predicted molar refractivity (Wildman–Crippen MR) is 95.6 cm³/mol. The molecule has 0 radical (unpaired) electrons. The molecule has 3 aliphatic heterocycles. The molecule has 2 unspecified atom stereocenters. The molecule has 0 aromatic heterocycles. The Kier molecular flexibility index (Phi) is 4.39. The lowest BCUT2D eigenvalue weighted by molar-refractivity contribution is 0.0112. The largest absolute Gasteiger partial charge is 0.308 e. The number of nitrogens with one attached hydrogen (secondary N) is 1. The monoisotopic (exact) mass is 326 g/mol. The van der Waals surface area contributed by atoms with Crippen molar-refractivity contribution in [1.82, 2.24) is 10.2 Å². The molecule has 2 atom stereocenters. The van der Waals surface area contributed by atoms with Crippen LogP contribution >= 0.6 is 11.6 Å². The van der Waals surface area contributed by atoms with E-state index in [1.165, 1.54) is 37.1 Å². The SMILES string of the molecule is Clc1ccccc1CNC1C2CCN(CC2)C1c1ccccc1. The van der Waals surface area contributed by atoms with E-state index >= 15 is 0 Å². The first-order valence-corrected chi connectivity index (χ1v) is 8.96. The van der Waals surface area contributed by atoms with Gasteiger partial charge in [0.05, 0.1) is 6.04 Å². The number of benzene rings is 2. The van der Waals surface area contributed by atoms with Gasteiger partial charge in [-0.1, -0.05) is 60.1 Å². The highest BCUT2D eigenvalue weighted by molar-refractivity contribution is 6.31. The van der Waals surface area contributed by atoms with E-state index in [0.717, 1.165) is 17.5 Å². The molecule has 0 amide bonds. The van der Waals surface area contributed by atoms with E-state index < -0.39 is 0 Å². The molecule has 3 fully saturated rings. The fourth-order valence-corrected chi connectivity index (χ4v) is 4.46. The molecule has 3 heteroatoms. The molecule has 0 spiro atoms. The molecule has 2 aromatic rings. The Morgan fingerprint density at radius 1 is 0.957 bits per heavy atom. The lowest BCUT2D eigenvalue weighted by atomic mass is 9.76. The lowest BCUT2D eigenvalue weighted by Gasteiger charge is -2.51. The standard InChI is InChI=1S/C20H23ClN2/c21-18-9-5-4-8-17(18)14-22-19-15-10-12-23(13-11-15)20(19)16-6-2-1-3-7-16/h1-9,15,19-20,22H,10-14H2. The Morgan fingerprint density at radius 2 is 1.65 bits per heavy atom. The summed E-state index contributed by atoms with van der Waals surface area (Å²) in [6, 6.07) is 20.1. The Balaban J connectivity index is 1.56. The summed E-state index contributed by atoms with van der Waals surface area (Å²) in [4.78, 5) is 2.65. The molecule has 2 bridgehead atoms. The third kappa shape index (κ3) is 3.03. The molecule has 0 saturated carbocycles. The second-order valence-electron chi connectivity index (χ2n) is 6.73. The molecule has 120 valence electrons. The van der Waals surface area contributed by atoms with Crippen LogP contribution in [0, 0.1) is 5.92 Å². The number of hydrogen-bond acceptors (Lipinski definition) is 2. The smallest absolute Gasteiger partial charge is 0.0504 e. The maximum Gasteiger partial charge on any atom is 0.0504 e. The summed E-state index contributed by atoms with van der Waals surface area (Å²) in [6.07, 6.45) is 2.62. The van der Waals surface area contributed by atoms with E-state index in [9.17, 15) is 0 Å². The quantitative estimate of drug-likeness (QED) is 0.903. The zero-order valence-electron chi connectivity index (χ0n) is 13.3. The summed E-state index contributed by atoms with van der Waals surface area (Å²) in [5, 5.41) is 4.69. The van der Waals surface area contributed by atoms with Crippen molar-refractivity contribution in [3.8, 4) is 0 Å². The van der Waals surface area contributed by atoms with E-state index in [-0.39, 0.29) is 0 Å². The normalized spacial score (nSPS) is 29.6. The minimum Gasteiger partial charge on any atom is -0.308 e. The van der Waals surface area contributed by atoms with E-state index in [1.807, 2.05) is 12.1 Å². The second-order valence-corrected chi connectivity index (χ2v) is 7.13. The summed E-state index contributed by atoms with van der Waals surface area (Å²) in [5.74, 6) is 0.771. The Morgan fingerprint density at radius 3 is 2.39 bits per heavy atom. The fraction of sp³-hybridized carbons (Fsp3) is 0.400. The van der Waals surface area contributed by atoms with Crippen LogP contribution in [0.1, 0.15) is 30.0 Å². The van der Waals surface area contributed by atoms with Gasteiger partial charge in [-0.3, -0.25) is 4.90 Å². The zero-order valence-corrected chi connectivity index (χ0v) is 14.0. The van der Waals surface area contributed by atoms with Gasteiger partial charge in [0.1, 0.15) is 0 Å². The van der Waals surface area contributed by atoms with Crippen LogP contribution in [0.15, 0.2) is 54.6 Å². The Hall–Kier alpha value is -1.35. The van der Waals surface area contributed by atoms with Gasteiger partial charge in [-0.05, 0) is 49.0 Å². The Bertz CT molecular complexity index is 650. The number of piperidine rings is 3. The molecule has 5 rings (SSSR count). The zero-order chi connectivity index (χ0) is 15.6. The average Bonchev–Trinajstić information content (AvgIpc) is 2.62. The van der Waals surface area contributed by atoms with Gasteiger partial charge in [0, 0.05) is 17.6 Å². The molecule has 3 aliphatic rings. The van der Waals surface area contributed by atoms with Gasteiger partial charge in [0.15, 0.2) is 0 Å². The van der Waals surface area contributed by atoms with Gasteiger partial charge in [-0.25, -0.2) is 0 Å². The van der Waals surface area contributed by atoms with Crippen molar-refractivity contribution in [3.63, 3.8) is 0 Å². The van der Waals surface area contributed by atoms with E-state index in [4.69, 9.17) is 11.6 Å². The summed E-state index contributed by atoms with van der Waals surface area (Å²) in [6.45, 7) is 3.31. The van der Waals surface area contributed by atoms with Crippen LogP contribution in [0.4, 0.5) is 0 Å². The highest BCUT2D eigenvalue weighted by Gasteiger charge is 2.42. The van der Waals surface area contributed by atoms with Crippen molar-refractivity contribution in [2.45, 2.75) is 31.5 Å². The molecular weight excluding hydrogens is 304 g/mol. The van der Waals surface area contributed by atoms with Crippen LogP contribution < -0.4 is 5.32 Å². The predicted octanol–water partition coefficient (Wildman–Crippen LogP) is 4.27. The molecule has 3 saturated heterocycles. The maximum absolute atomic E-state index is 6.32. The highest BCUT2D eigenvalue weighted by atomic mass is 35.5. The summed E-state index contributed by atoms with van der Waals surface area (Å²) < 4.78 is 0. The molecule has 0 aliphatic carbocycles. The maximum atomic E-state index is 6.32. The molecule has 2 aromatic carbocycles. The van der Waals surface area contributed by atoms with Crippen LogP contribution in [0.2, 0.25) is 5.02 Å². The van der Waals surface area contributed by atoms with E-state index in [2.05, 4.69) is 52.7 Å². The minimum absolute atomic E-state index is 0.492. The number of rotatable bonds is 4. The van der Waals surface area contributed by atoms with Gasteiger partial charge >= 0.3 is 0 Å². The van der Waals surface area contributed by atoms with Crippen LogP contribution in [0.3, 0.4) is 0 Å². The molecule has 3 heterocycles. The number of halogens is 1. The van der Waals surface area contributed by atoms with Crippen LogP contribution in [0.5, 0.6) is 0 Å². The third-order valence-corrected chi connectivity index (χ3v) is 5.81. The van der Waals surface area contributed by atoms with Crippen molar-refractivity contribution in [3.05, 3.63) is 70.7 Å². The summed E-state index contributed by atoms with van der Waals surface area (Å²) in [5.41, 5.74) is 2.63. The second kappa shape index (κ2) is 6.64.